The van der Waals surface area contributed by atoms with E-state index in [1.165, 1.54) is 24.3 Å². The highest BCUT2D eigenvalue weighted by Gasteiger charge is 2.21. The molecule has 1 saturated heterocycles. The molecule has 3 heteroatoms. The number of thioether (sulfide) groups is 1. The Labute approximate surface area is 79.3 Å². The van der Waals surface area contributed by atoms with Crippen LogP contribution in [-0.4, -0.2) is 48.3 Å². The standard InChI is InChI=1S/C9H19NOS/c1-10(2)7-9(11)8-3-5-12-6-4-8/h8-9,11H,3-7H2,1-2H3. The van der Waals surface area contributed by atoms with Crippen molar-refractivity contribution < 1.29 is 5.11 Å². The number of nitrogens with zero attached hydrogens (tertiary/aromatic N) is 1. The first kappa shape index (κ1) is 10.4. The van der Waals surface area contributed by atoms with Gasteiger partial charge in [0.1, 0.15) is 0 Å². The quantitative estimate of drug-likeness (QED) is 0.718. The van der Waals surface area contributed by atoms with Gasteiger partial charge in [0.25, 0.3) is 0 Å². The van der Waals surface area contributed by atoms with E-state index in [1.54, 1.807) is 0 Å². The lowest BCUT2D eigenvalue weighted by Crippen LogP contribution is -2.34. The smallest absolute Gasteiger partial charge is 0.0695 e. The summed E-state index contributed by atoms with van der Waals surface area (Å²) in [5, 5.41) is 9.79. The van der Waals surface area contributed by atoms with Crippen LogP contribution in [0.4, 0.5) is 0 Å². The summed E-state index contributed by atoms with van der Waals surface area (Å²) in [6.07, 6.45) is 2.28. The molecule has 0 aromatic heterocycles. The zero-order valence-corrected chi connectivity index (χ0v) is 8.81. The molecule has 1 N–H and O–H groups in total. The van der Waals surface area contributed by atoms with Gasteiger partial charge in [-0.25, -0.2) is 0 Å². The van der Waals surface area contributed by atoms with Crippen molar-refractivity contribution in [2.24, 2.45) is 5.92 Å². The molecule has 2 nitrogen and oxygen atoms in total. The van der Waals surface area contributed by atoms with Gasteiger partial charge in [0, 0.05) is 6.54 Å². The van der Waals surface area contributed by atoms with Gasteiger partial charge in [0.05, 0.1) is 6.10 Å². The topological polar surface area (TPSA) is 23.5 Å². The second-order valence-corrected chi connectivity index (χ2v) is 5.00. The maximum Gasteiger partial charge on any atom is 0.0695 e. The van der Waals surface area contributed by atoms with Gasteiger partial charge in [-0.3, -0.25) is 0 Å². The van der Waals surface area contributed by atoms with Crippen LogP contribution in [0.2, 0.25) is 0 Å². The first-order chi connectivity index (χ1) is 5.70. The third kappa shape index (κ3) is 3.33. The number of hydrogen-bond donors (Lipinski definition) is 1. The summed E-state index contributed by atoms with van der Waals surface area (Å²) in [6.45, 7) is 0.815. The molecule has 1 unspecified atom stereocenters. The van der Waals surface area contributed by atoms with Crippen molar-refractivity contribution in [2.45, 2.75) is 18.9 Å². The molecule has 1 rings (SSSR count). The fourth-order valence-corrected chi connectivity index (χ4v) is 2.77. The van der Waals surface area contributed by atoms with Gasteiger partial charge in [0.15, 0.2) is 0 Å². The summed E-state index contributed by atoms with van der Waals surface area (Å²) >= 11 is 2.01. The minimum atomic E-state index is -0.110. The van der Waals surface area contributed by atoms with E-state index >= 15 is 0 Å². The molecule has 0 amide bonds. The summed E-state index contributed by atoms with van der Waals surface area (Å²) in [5.74, 6) is 3.01. The van der Waals surface area contributed by atoms with Gasteiger partial charge in [-0.15, -0.1) is 0 Å². The Morgan fingerprint density at radius 3 is 2.50 bits per heavy atom. The second-order valence-electron chi connectivity index (χ2n) is 3.78. The summed E-state index contributed by atoms with van der Waals surface area (Å²) in [7, 11) is 4.03. The molecule has 0 aromatic carbocycles. The van der Waals surface area contributed by atoms with E-state index in [9.17, 15) is 5.11 Å². The maximum atomic E-state index is 9.79. The molecule has 0 bridgehead atoms. The molecule has 0 aliphatic carbocycles. The molecule has 0 spiro atoms. The Balaban J connectivity index is 2.24. The SMILES string of the molecule is CN(C)CC(O)C1CCSCC1. The molecule has 0 aromatic rings. The van der Waals surface area contributed by atoms with E-state index in [-0.39, 0.29) is 6.10 Å². The maximum absolute atomic E-state index is 9.79. The second kappa shape index (κ2) is 5.10. The van der Waals surface area contributed by atoms with Crippen LogP contribution in [0.25, 0.3) is 0 Å². The van der Waals surface area contributed by atoms with E-state index in [2.05, 4.69) is 4.90 Å². The Morgan fingerprint density at radius 2 is 2.00 bits per heavy atom. The third-order valence-electron chi connectivity index (χ3n) is 2.36. The number of likely N-dealkylation sites (N-methyl/N-ethyl adjacent to an activating group) is 1. The highest BCUT2D eigenvalue weighted by atomic mass is 32.2. The fraction of sp³-hybridized carbons (Fsp3) is 1.00. The van der Waals surface area contributed by atoms with Crippen LogP contribution < -0.4 is 0 Å². The predicted octanol–water partition coefficient (Wildman–Crippen LogP) is 1.05. The van der Waals surface area contributed by atoms with Gasteiger partial charge < -0.3 is 10.0 Å². The van der Waals surface area contributed by atoms with E-state index < -0.39 is 0 Å². The molecular weight excluding hydrogens is 170 g/mol. The predicted molar refractivity (Wildman–Crippen MR) is 54.6 cm³/mol. The first-order valence-electron chi connectivity index (χ1n) is 4.60. The van der Waals surface area contributed by atoms with Crippen LogP contribution >= 0.6 is 11.8 Å². The Hall–Kier alpha value is 0.270. The molecule has 0 radical (unpaired) electrons. The molecule has 12 heavy (non-hydrogen) atoms. The molecule has 1 aliphatic heterocycles. The first-order valence-corrected chi connectivity index (χ1v) is 5.76. The average Bonchev–Trinajstić information content (AvgIpc) is 2.05. The van der Waals surface area contributed by atoms with E-state index in [0.29, 0.717) is 5.92 Å². The third-order valence-corrected chi connectivity index (χ3v) is 3.41. The normalized spacial score (nSPS) is 23.0. The van der Waals surface area contributed by atoms with Crippen LogP contribution in [0, 0.1) is 5.92 Å². The highest BCUT2D eigenvalue weighted by Crippen LogP contribution is 2.25. The van der Waals surface area contributed by atoms with Crippen molar-refractivity contribution in [3.05, 3.63) is 0 Å². The number of aliphatic hydroxyl groups is 1. The number of rotatable bonds is 3. The largest absolute Gasteiger partial charge is 0.392 e. The van der Waals surface area contributed by atoms with Crippen molar-refractivity contribution in [1.82, 2.24) is 4.90 Å². The van der Waals surface area contributed by atoms with Crippen LogP contribution in [0.1, 0.15) is 12.8 Å². The fourth-order valence-electron chi connectivity index (χ4n) is 1.62. The van der Waals surface area contributed by atoms with Crippen LogP contribution in [0.15, 0.2) is 0 Å². The monoisotopic (exact) mass is 189 g/mol. The average molecular weight is 189 g/mol. The van der Waals surface area contributed by atoms with E-state index in [4.69, 9.17) is 0 Å². The van der Waals surface area contributed by atoms with Gasteiger partial charge in [-0.05, 0) is 44.4 Å². The number of hydrogen-bond acceptors (Lipinski definition) is 3. The summed E-state index contributed by atoms with van der Waals surface area (Å²) in [4.78, 5) is 2.06. The van der Waals surface area contributed by atoms with Crippen LogP contribution in [0.5, 0.6) is 0 Å². The van der Waals surface area contributed by atoms with Crippen molar-refractivity contribution in [1.29, 1.82) is 0 Å². The number of aliphatic hydroxyl groups excluding tert-OH is 1. The van der Waals surface area contributed by atoms with Gasteiger partial charge >= 0.3 is 0 Å². The Morgan fingerprint density at radius 1 is 1.42 bits per heavy atom. The summed E-state index contributed by atoms with van der Waals surface area (Å²) < 4.78 is 0. The summed E-state index contributed by atoms with van der Waals surface area (Å²) in [5.41, 5.74) is 0. The van der Waals surface area contributed by atoms with Crippen molar-refractivity contribution in [3.63, 3.8) is 0 Å². The Kier molecular flexibility index (Phi) is 4.40. The van der Waals surface area contributed by atoms with Crippen LogP contribution in [0.3, 0.4) is 0 Å². The minimum Gasteiger partial charge on any atom is -0.392 e. The molecular formula is C9H19NOS. The zero-order valence-electron chi connectivity index (χ0n) is 7.99. The van der Waals surface area contributed by atoms with E-state index in [0.717, 1.165) is 6.54 Å². The molecule has 72 valence electrons. The lowest BCUT2D eigenvalue weighted by Gasteiger charge is -2.28. The Bertz CT molecular complexity index is 124. The van der Waals surface area contributed by atoms with Crippen molar-refractivity contribution >= 4 is 11.8 Å². The molecule has 0 saturated carbocycles. The van der Waals surface area contributed by atoms with E-state index in [1.807, 2.05) is 25.9 Å². The highest BCUT2D eigenvalue weighted by molar-refractivity contribution is 7.99. The summed E-state index contributed by atoms with van der Waals surface area (Å²) in [6, 6.07) is 0. The molecule has 1 heterocycles. The molecule has 1 atom stereocenters. The van der Waals surface area contributed by atoms with Gasteiger partial charge in [-0.1, -0.05) is 0 Å². The van der Waals surface area contributed by atoms with Crippen molar-refractivity contribution in [2.75, 3.05) is 32.1 Å². The van der Waals surface area contributed by atoms with Crippen LogP contribution in [-0.2, 0) is 0 Å². The lowest BCUT2D eigenvalue weighted by molar-refractivity contribution is 0.0755. The zero-order chi connectivity index (χ0) is 8.97. The molecule has 1 fully saturated rings. The van der Waals surface area contributed by atoms with Gasteiger partial charge in [-0.2, -0.15) is 11.8 Å². The van der Waals surface area contributed by atoms with Crippen molar-refractivity contribution in [3.8, 4) is 0 Å². The van der Waals surface area contributed by atoms with Gasteiger partial charge in [0.2, 0.25) is 0 Å². The minimum absolute atomic E-state index is 0.110. The molecule has 1 aliphatic rings. The lowest BCUT2D eigenvalue weighted by atomic mass is 9.96.